The van der Waals surface area contributed by atoms with E-state index in [1.165, 1.54) is 22.7 Å². The average molecular weight is 466 g/mol. The molecule has 0 unspecified atom stereocenters. The second kappa shape index (κ2) is 8.86. The fourth-order valence-corrected chi connectivity index (χ4v) is 4.70. The molecule has 4 rings (SSSR count). The van der Waals surface area contributed by atoms with E-state index >= 15 is 0 Å². The molecule has 0 radical (unpaired) electrons. The maximum absolute atomic E-state index is 12.7. The number of hydrogen-bond donors (Lipinski definition) is 1. The first kappa shape index (κ1) is 21.2. The quantitative estimate of drug-likeness (QED) is 0.599. The van der Waals surface area contributed by atoms with Crippen LogP contribution in [0.4, 0.5) is 4.39 Å². The lowest BCUT2D eigenvalue weighted by molar-refractivity contribution is 0.208. The fraction of sp³-hybridized carbons (Fsp3) is 0.368. The predicted molar refractivity (Wildman–Crippen MR) is 113 cm³/mol. The number of aryl methyl sites for hydroxylation is 3. The van der Waals surface area contributed by atoms with Crippen molar-refractivity contribution in [2.75, 3.05) is 0 Å². The Bertz CT molecular complexity index is 978. The van der Waals surface area contributed by atoms with Gasteiger partial charge in [-0.25, -0.2) is 9.37 Å². The Morgan fingerprint density at radius 1 is 1.39 bits per heavy atom. The van der Waals surface area contributed by atoms with Crippen molar-refractivity contribution < 1.29 is 14.1 Å². The minimum atomic E-state index is -0.893. The molecule has 0 amide bonds. The van der Waals surface area contributed by atoms with Gasteiger partial charge in [0.1, 0.15) is 10.4 Å². The third-order valence-electron chi connectivity index (χ3n) is 4.57. The summed E-state index contributed by atoms with van der Waals surface area (Å²) in [7, 11) is 1.10. The van der Waals surface area contributed by atoms with Gasteiger partial charge < -0.3 is 9.68 Å². The average Bonchev–Trinajstić information content (AvgIpc) is 3.25. The van der Waals surface area contributed by atoms with E-state index in [-0.39, 0.29) is 11.9 Å². The normalized spacial score (nSPS) is 15.4. The number of benzene rings is 1. The molecule has 0 saturated heterocycles. The standard InChI is InChI=1S/C11H14BrN3S.C8H8BFO2/c1-4-8-5-9(15(3)14-8)6-10-11(12)13-7(2)16-10;1-5-7-4-6(10)2-3-8(7)9(11)12-5/h5H,4,6H2,1-3H3;2-5,11H,1H3/t;5-/m.1/s1. The minimum absolute atomic E-state index is 0.217. The summed E-state index contributed by atoms with van der Waals surface area (Å²) in [6, 6.07) is 6.44. The molecular formula is C19H22BBrFN3O2S. The second-order valence-corrected chi connectivity index (χ2v) is 8.67. The Morgan fingerprint density at radius 3 is 2.75 bits per heavy atom. The third-order valence-corrected chi connectivity index (χ3v) is 6.46. The second-order valence-electron chi connectivity index (χ2n) is 6.63. The zero-order chi connectivity index (χ0) is 20.4. The lowest BCUT2D eigenvalue weighted by Gasteiger charge is -2.02. The van der Waals surface area contributed by atoms with Gasteiger partial charge in [0.25, 0.3) is 0 Å². The van der Waals surface area contributed by atoms with E-state index < -0.39 is 7.12 Å². The van der Waals surface area contributed by atoms with E-state index in [0.29, 0.717) is 5.46 Å². The van der Waals surface area contributed by atoms with Crippen LogP contribution in [-0.4, -0.2) is 26.9 Å². The van der Waals surface area contributed by atoms with Crippen LogP contribution in [0.2, 0.25) is 0 Å². The Morgan fingerprint density at radius 2 is 2.14 bits per heavy atom. The molecule has 5 nitrogen and oxygen atoms in total. The summed E-state index contributed by atoms with van der Waals surface area (Å²) in [5.41, 5.74) is 3.79. The van der Waals surface area contributed by atoms with Crippen LogP contribution in [0.1, 0.15) is 46.8 Å². The smallest absolute Gasteiger partial charge is 0.423 e. The maximum Gasteiger partial charge on any atom is 0.491 e. The molecule has 3 aromatic rings. The topological polar surface area (TPSA) is 60.2 Å². The summed E-state index contributed by atoms with van der Waals surface area (Å²) < 4.78 is 20.7. The number of fused-ring (bicyclic) bond motifs is 1. The molecule has 0 spiro atoms. The van der Waals surface area contributed by atoms with E-state index in [2.05, 4.69) is 39.0 Å². The number of hydrogen-bond acceptors (Lipinski definition) is 5. The van der Waals surface area contributed by atoms with Crippen molar-refractivity contribution in [3.8, 4) is 0 Å². The highest BCUT2D eigenvalue weighted by Crippen LogP contribution is 2.26. The number of rotatable bonds is 3. The number of thiazole rings is 1. The van der Waals surface area contributed by atoms with Crippen LogP contribution in [0.15, 0.2) is 28.9 Å². The molecule has 9 heteroatoms. The van der Waals surface area contributed by atoms with E-state index in [1.54, 1.807) is 24.3 Å². The van der Waals surface area contributed by atoms with Gasteiger partial charge in [-0.1, -0.05) is 13.0 Å². The summed E-state index contributed by atoms with van der Waals surface area (Å²) in [5, 5.41) is 14.8. The van der Waals surface area contributed by atoms with Crippen molar-refractivity contribution in [2.24, 2.45) is 7.05 Å². The minimum Gasteiger partial charge on any atom is -0.423 e. The van der Waals surface area contributed by atoms with Crippen molar-refractivity contribution >= 4 is 39.8 Å². The van der Waals surface area contributed by atoms with Gasteiger partial charge >= 0.3 is 7.12 Å². The first-order valence-electron chi connectivity index (χ1n) is 9.05. The van der Waals surface area contributed by atoms with Gasteiger partial charge in [-0.05, 0) is 65.4 Å². The van der Waals surface area contributed by atoms with E-state index in [9.17, 15) is 9.41 Å². The van der Waals surface area contributed by atoms with Crippen molar-refractivity contribution in [2.45, 2.75) is 39.7 Å². The summed E-state index contributed by atoms with van der Waals surface area (Å²) >= 11 is 5.23. The third kappa shape index (κ3) is 4.71. The predicted octanol–water partition coefficient (Wildman–Crippen LogP) is 3.71. The molecule has 1 N–H and O–H groups in total. The molecule has 148 valence electrons. The van der Waals surface area contributed by atoms with Crippen LogP contribution >= 0.6 is 27.3 Å². The largest absolute Gasteiger partial charge is 0.491 e. The molecule has 1 aromatic carbocycles. The summed E-state index contributed by atoms with van der Waals surface area (Å²) in [6.07, 6.45) is 1.66. The van der Waals surface area contributed by atoms with Crippen LogP contribution in [0.3, 0.4) is 0 Å². The van der Waals surface area contributed by atoms with Gasteiger partial charge in [0, 0.05) is 24.0 Å². The molecule has 0 saturated carbocycles. The summed E-state index contributed by atoms with van der Waals surface area (Å²) in [6.45, 7) is 5.94. The van der Waals surface area contributed by atoms with Gasteiger partial charge in [-0.2, -0.15) is 5.10 Å². The summed E-state index contributed by atoms with van der Waals surface area (Å²) in [5.74, 6) is -0.293. The SMILES string of the molecule is CCc1cc(Cc2sc(C)nc2Br)n(C)n1.C[C@H]1OB(O)c2ccc(F)cc21. The maximum atomic E-state index is 12.7. The zero-order valence-electron chi connectivity index (χ0n) is 16.2. The van der Waals surface area contributed by atoms with Crippen LogP contribution < -0.4 is 5.46 Å². The number of halogens is 2. The van der Waals surface area contributed by atoms with Gasteiger partial charge in [0.05, 0.1) is 16.8 Å². The van der Waals surface area contributed by atoms with E-state index in [0.717, 1.165) is 33.7 Å². The van der Waals surface area contributed by atoms with Crippen LogP contribution in [0, 0.1) is 12.7 Å². The Hall–Kier alpha value is -1.55. The van der Waals surface area contributed by atoms with Crippen LogP contribution in [0.5, 0.6) is 0 Å². The van der Waals surface area contributed by atoms with Gasteiger partial charge in [-0.3, -0.25) is 4.68 Å². The monoisotopic (exact) mass is 465 g/mol. The Kier molecular flexibility index (Phi) is 6.70. The van der Waals surface area contributed by atoms with Crippen LogP contribution in [0.25, 0.3) is 0 Å². The van der Waals surface area contributed by atoms with Crippen molar-refractivity contribution in [1.82, 2.24) is 14.8 Å². The molecular weight excluding hydrogens is 444 g/mol. The molecule has 1 aliphatic rings. The molecule has 3 heterocycles. The van der Waals surface area contributed by atoms with E-state index in [4.69, 9.17) is 4.65 Å². The highest BCUT2D eigenvalue weighted by molar-refractivity contribution is 9.10. The highest BCUT2D eigenvalue weighted by atomic mass is 79.9. The first-order valence-corrected chi connectivity index (χ1v) is 10.7. The van der Waals surface area contributed by atoms with Crippen molar-refractivity contribution in [3.05, 3.63) is 61.5 Å². The molecule has 0 fully saturated rings. The first-order chi connectivity index (χ1) is 13.3. The lowest BCUT2D eigenvalue weighted by atomic mass is 9.79. The molecule has 0 bridgehead atoms. The molecule has 0 aliphatic carbocycles. The highest BCUT2D eigenvalue weighted by Gasteiger charge is 2.32. The lowest BCUT2D eigenvalue weighted by Crippen LogP contribution is -2.27. The summed E-state index contributed by atoms with van der Waals surface area (Å²) in [4.78, 5) is 5.64. The Labute approximate surface area is 176 Å². The Balaban J connectivity index is 0.000000167. The molecule has 28 heavy (non-hydrogen) atoms. The fourth-order valence-electron chi connectivity index (χ4n) is 3.09. The van der Waals surface area contributed by atoms with Gasteiger partial charge in [-0.15, -0.1) is 11.3 Å². The zero-order valence-corrected chi connectivity index (χ0v) is 18.6. The van der Waals surface area contributed by atoms with Crippen molar-refractivity contribution in [1.29, 1.82) is 0 Å². The van der Waals surface area contributed by atoms with Gasteiger partial charge in [0.2, 0.25) is 0 Å². The van der Waals surface area contributed by atoms with E-state index in [1.807, 2.05) is 18.7 Å². The van der Waals surface area contributed by atoms with Crippen molar-refractivity contribution in [3.63, 3.8) is 0 Å². The molecule has 2 aromatic heterocycles. The van der Waals surface area contributed by atoms with Crippen LogP contribution in [-0.2, 0) is 24.5 Å². The number of nitrogens with zero attached hydrogens (tertiary/aromatic N) is 3. The molecule has 1 aliphatic heterocycles. The number of aromatic nitrogens is 3. The van der Waals surface area contributed by atoms with Gasteiger partial charge in [0.15, 0.2) is 0 Å². The molecule has 1 atom stereocenters.